The molecule has 1 N–H and O–H groups in total. The molecule has 2 aromatic rings. The van der Waals surface area contributed by atoms with Crippen LogP contribution in [0.25, 0.3) is 0 Å². The number of benzene rings is 1. The van der Waals surface area contributed by atoms with Crippen LogP contribution in [0.3, 0.4) is 0 Å². The van der Waals surface area contributed by atoms with E-state index in [-0.39, 0.29) is 11.4 Å². The number of halogens is 1. The molecule has 1 atom stereocenters. The molecule has 0 saturated heterocycles. The quantitative estimate of drug-likeness (QED) is 0.842. The van der Waals surface area contributed by atoms with Crippen molar-refractivity contribution in [2.24, 2.45) is 5.41 Å². The molecular weight excluding hydrogens is 364 g/mol. The van der Waals surface area contributed by atoms with Crippen LogP contribution in [0.5, 0.6) is 0 Å². The fraction of sp³-hybridized carbons (Fsp3) is 0.286. The summed E-state index contributed by atoms with van der Waals surface area (Å²) in [4.78, 5) is 31.6. The van der Waals surface area contributed by atoms with Gasteiger partial charge in [0.25, 0.3) is 5.91 Å². The number of rotatable bonds is 3. The summed E-state index contributed by atoms with van der Waals surface area (Å²) in [7, 11) is 0. The molecule has 0 aliphatic carbocycles. The van der Waals surface area contributed by atoms with E-state index in [0.717, 1.165) is 0 Å². The molecule has 0 radical (unpaired) electrons. The highest BCUT2D eigenvalue weighted by molar-refractivity contribution is 6.32. The fourth-order valence-corrected chi connectivity index (χ4v) is 3.37. The number of aromatic nitrogens is 1. The minimum atomic E-state index is -0.768. The lowest BCUT2D eigenvalue weighted by Gasteiger charge is -2.29. The topological polar surface area (TPSA) is 70.5 Å². The number of hydrogen-bond donors (Lipinski definition) is 1. The first kappa shape index (κ1) is 19.1. The first-order valence-electron chi connectivity index (χ1n) is 8.61. The highest BCUT2D eigenvalue weighted by Gasteiger charge is 2.47. The Morgan fingerprint density at radius 2 is 1.93 bits per heavy atom. The zero-order valence-corrected chi connectivity index (χ0v) is 16.4. The summed E-state index contributed by atoms with van der Waals surface area (Å²) in [5.41, 5.74) is 1.20. The van der Waals surface area contributed by atoms with E-state index in [1.165, 1.54) is 4.90 Å². The molecule has 140 valence electrons. The summed E-state index contributed by atoms with van der Waals surface area (Å²) in [5, 5.41) is 11.1. The van der Waals surface area contributed by atoms with Gasteiger partial charge in [-0.05, 0) is 36.2 Å². The predicted molar refractivity (Wildman–Crippen MR) is 105 cm³/mol. The number of carbonyl (C=O) groups is 2. The monoisotopic (exact) mass is 384 g/mol. The summed E-state index contributed by atoms with van der Waals surface area (Å²) in [6.45, 7) is 7.07. The van der Waals surface area contributed by atoms with Gasteiger partial charge in [-0.25, -0.2) is 0 Å². The summed E-state index contributed by atoms with van der Waals surface area (Å²) in [6.07, 6.45) is 3.21. The molecule has 1 aromatic carbocycles. The summed E-state index contributed by atoms with van der Waals surface area (Å²) in [6, 6.07) is 7.97. The highest BCUT2D eigenvalue weighted by Crippen LogP contribution is 2.44. The van der Waals surface area contributed by atoms with E-state index >= 15 is 0 Å². The fourth-order valence-electron chi connectivity index (χ4n) is 3.20. The van der Waals surface area contributed by atoms with Crippen molar-refractivity contribution in [1.29, 1.82) is 0 Å². The van der Waals surface area contributed by atoms with Crippen molar-refractivity contribution >= 4 is 29.0 Å². The molecule has 3 rings (SSSR count). The molecule has 1 aliphatic rings. The number of aliphatic hydroxyl groups is 1. The lowest BCUT2D eigenvalue weighted by atomic mass is 9.82. The van der Waals surface area contributed by atoms with Crippen LogP contribution in [0.1, 0.15) is 37.9 Å². The smallest absolute Gasteiger partial charge is 0.294 e. The number of aliphatic hydroxyl groups excluding tert-OH is 1. The number of amides is 1. The predicted octanol–water partition coefficient (Wildman–Crippen LogP) is 4.56. The minimum absolute atomic E-state index is 0.0832. The molecule has 6 heteroatoms. The first-order valence-corrected chi connectivity index (χ1v) is 8.99. The van der Waals surface area contributed by atoms with Crippen LogP contribution in [0.2, 0.25) is 5.02 Å². The van der Waals surface area contributed by atoms with E-state index in [1.807, 2.05) is 0 Å². The van der Waals surface area contributed by atoms with Gasteiger partial charge in [0.05, 0.1) is 11.6 Å². The lowest BCUT2D eigenvalue weighted by Crippen LogP contribution is -2.33. The number of ketones is 1. The Morgan fingerprint density at radius 1 is 1.22 bits per heavy atom. The minimum Gasteiger partial charge on any atom is -0.503 e. The maximum atomic E-state index is 13.1. The number of nitrogens with zero attached hydrogens (tertiary/aromatic N) is 2. The number of pyridine rings is 1. The summed E-state index contributed by atoms with van der Waals surface area (Å²) in [5.74, 6) is -1.44. The zero-order valence-electron chi connectivity index (χ0n) is 15.7. The first-order chi connectivity index (χ1) is 12.6. The number of Topliss-reactive ketones (excluding diaryl/α,β-unsaturated/α-hetero) is 1. The summed E-state index contributed by atoms with van der Waals surface area (Å²) >= 11 is 6.25. The third kappa shape index (κ3) is 3.23. The zero-order chi connectivity index (χ0) is 19.9. The van der Waals surface area contributed by atoms with Gasteiger partial charge >= 0.3 is 0 Å². The van der Waals surface area contributed by atoms with Gasteiger partial charge in [-0.15, -0.1) is 0 Å². The van der Waals surface area contributed by atoms with Crippen LogP contribution in [0, 0.1) is 12.3 Å². The average molecular weight is 385 g/mol. The third-order valence-electron chi connectivity index (χ3n) is 4.63. The van der Waals surface area contributed by atoms with E-state index in [9.17, 15) is 14.7 Å². The molecule has 0 spiro atoms. The molecule has 2 heterocycles. The molecule has 1 aliphatic heterocycles. The second-order valence-corrected chi connectivity index (χ2v) is 8.00. The Balaban J connectivity index is 2.25. The number of carbonyl (C=O) groups excluding carboxylic acids is 2. The van der Waals surface area contributed by atoms with Gasteiger partial charge in [-0.3, -0.25) is 19.5 Å². The van der Waals surface area contributed by atoms with E-state index in [2.05, 4.69) is 4.98 Å². The van der Waals surface area contributed by atoms with Crippen molar-refractivity contribution in [2.45, 2.75) is 33.7 Å². The standard InChI is InChI=1S/C21H21ClN2O3/c1-12-14(22)8-5-9-15(12)24-17(13-7-6-10-23-11-13)16(18(25)20(24)27)19(26)21(2,3)4/h5-11,17,25H,1-4H3. The molecule has 27 heavy (non-hydrogen) atoms. The van der Waals surface area contributed by atoms with E-state index < -0.39 is 23.1 Å². The van der Waals surface area contributed by atoms with Gasteiger partial charge in [0.15, 0.2) is 11.5 Å². The van der Waals surface area contributed by atoms with Crippen molar-refractivity contribution in [3.05, 3.63) is 70.2 Å². The van der Waals surface area contributed by atoms with Crippen molar-refractivity contribution < 1.29 is 14.7 Å². The maximum Gasteiger partial charge on any atom is 0.294 e. The van der Waals surface area contributed by atoms with Crippen molar-refractivity contribution in [2.75, 3.05) is 4.90 Å². The van der Waals surface area contributed by atoms with E-state index in [4.69, 9.17) is 11.6 Å². The third-order valence-corrected chi connectivity index (χ3v) is 5.04. The second kappa shape index (κ2) is 6.82. The Bertz CT molecular complexity index is 946. The van der Waals surface area contributed by atoms with Crippen LogP contribution in [0.4, 0.5) is 5.69 Å². The van der Waals surface area contributed by atoms with Gasteiger partial charge in [-0.2, -0.15) is 0 Å². The van der Waals surface area contributed by atoms with Gasteiger partial charge in [0, 0.05) is 28.5 Å². The Kier molecular flexibility index (Phi) is 4.82. The molecule has 0 saturated carbocycles. The van der Waals surface area contributed by atoms with Crippen LogP contribution < -0.4 is 4.90 Å². The second-order valence-electron chi connectivity index (χ2n) is 7.59. The molecule has 1 aromatic heterocycles. The molecule has 1 amide bonds. The normalized spacial score (nSPS) is 17.6. The molecule has 0 bridgehead atoms. The van der Waals surface area contributed by atoms with E-state index in [1.54, 1.807) is 70.4 Å². The van der Waals surface area contributed by atoms with Crippen LogP contribution in [0.15, 0.2) is 54.1 Å². The Labute approximate surface area is 163 Å². The highest BCUT2D eigenvalue weighted by atomic mass is 35.5. The number of hydrogen-bond acceptors (Lipinski definition) is 4. The Hall–Kier alpha value is -2.66. The summed E-state index contributed by atoms with van der Waals surface area (Å²) < 4.78 is 0. The van der Waals surface area contributed by atoms with Gasteiger partial charge in [-0.1, -0.05) is 44.5 Å². The molecular formula is C21H21ClN2O3. The van der Waals surface area contributed by atoms with Crippen LogP contribution >= 0.6 is 11.6 Å². The lowest BCUT2D eigenvalue weighted by molar-refractivity contribution is -0.123. The van der Waals surface area contributed by atoms with Gasteiger partial charge < -0.3 is 5.11 Å². The van der Waals surface area contributed by atoms with Crippen molar-refractivity contribution in [3.63, 3.8) is 0 Å². The van der Waals surface area contributed by atoms with Gasteiger partial charge in [0.2, 0.25) is 0 Å². The molecule has 5 nitrogen and oxygen atoms in total. The average Bonchev–Trinajstić information content (AvgIpc) is 2.88. The maximum absolute atomic E-state index is 13.1. The molecule has 0 fully saturated rings. The van der Waals surface area contributed by atoms with Gasteiger partial charge in [0.1, 0.15) is 0 Å². The van der Waals surface area contributed by atoms with E-state index in [0.29, 0.717) is 21.8 Å². The van der Waals surface area contributed by atoms with Crippen LogP contribution in [-0.2, 0) is 9.59 Å². The molecule has 1 unspecified atom stereocenters. The SMILES string of the molecule is Cc1c(Cl)cccc1N1C(=O)C(O)=C(C(=O)C(C)(C)C)C1c1cccnc1. The largest absolute Gasteiger partial charge is 0.503 e. The Morgan fingerprint density at radius 3 is 2.52 bits per heavy atom. The van der Waals surface area contributed by atoms with Crippen molar-refractivity contribution in [3.8, 4) is 0 Å². The van der Waals surface area contributed by atoms with Crippen molar-refractivity contribution in [1.82, 2.24) is 4.98 Å². The number of anilines is 1. The van der Waals surface area contributed by atoms with Crippen LogP contribution in [-0.4, -0.2) is 21.8 Å².